The number of aliphatic hydroxyl groups is 3. The van der Waals surface area contributed by atoms with Gasteiger partial charge in [0, 0.05) is 37.7 Å². The van der Waals surface area contributed by atoms with Gasteiger partial charge in [-0.25, -0.2) is 9.59 Å². The number of rotatable bonds is 10. The van der Waals surface area contributed by atoms with Crippen molar-refractivity contribution in [1.29, 1.82) is 0 Å². The third kappa shape index (κ3) is 7.29. The molecule has 328 valence electrons. The summed E-state index contributed by atoms with van der Waals surface area (Å²) in [7, 11) is 0. The van der Waals surface area contributed by atoms with E-state index in [1.165, 1.54) is 26.0 Å². The van der Waals surface area contributed by atoms with Gasteiger partial charge in [0.05, 0.1) is 35.6 Å². The van der Waals surface area contributed by atoms with Crippen molar-refractivity contribution in [1.82, 2.24) is 5.32 Å². The van der Waals surface area contributed by atoms with Crippen LogP contribution in [0.3, 0.4) is 0 Å². The summed E-state index contributed by atoms with van der Waals surface area (Å²) in [6.45, 7) is 7.97. The van der Waals surface area contributed by atoms with Crippen LogP contribution in [0.1, 0.15) is 86.7 Å². The molecule has 1 saturated heterocycles. The highest BCUT2D eigenvalue weighted by molar-refractivity contribution is 5.96. The van der Waals surface area contributed by atoms with Crippen molar-refractivity contribution in [2.45, 2.75) is 108 Å². The van der Waals surface area contributed by atoms with E-state index < -0.39 is 113 Å². The molecule has 11 atom stereocenters. The van der Waals surface area contributed by atoms with Crippen molar-refractivity contribution in [2.75, 3.05) is 6.61 Å². The quantitative estimate of drug-likeness (QED) is 0.130. The summed E-state index contributed by atoms with van der Waals surface area (Å²) in [4.78, 5) is 83.5. The van der Waals surface area contributed by atoms with Crippen LogP contribution in [0.25, 0.3) is 0 Å². The normalized spacial score (nSPS) is 31.9. The molecule has 1 amide bonds. The van der Waals surface area contributed by atoms with E-state index in [4.69, 9.17) is 23.7 Å². The summed E-state index contributed by atoms with van der Waals surface area (Å²) >= 11 is 0. The van der Waals surface area contributed by atoms with Gasteiger partial charge >= 0.3 is 23.9 Å². The number of esters is 4. The van der Waals surface area contributed by atoms with Gasteiger partial charge in [0.15, 0.2) is 23.6 Å². The molecule has 3 aromatic rings. The number of carbonyl (C=O) groups excluding carboxylic acids is 6. The Kier molecular flexibility index (Phi) is 11.8. The van der Waals surface area contributed by atoms with E-state index >= 15 is 4.79 Å². The lowest BCUT2D eigenvalue weighted by Crippen LogP contribution is -2.82. The lowest BCUT2D eigenvalue weighted by atomic mass is 9.44. The Balaban J connectivity index is 1.39. The molecule has 2 bridgehead atoms. The monoisotopic (exact) mass is 853 g/mol. The number of ether oxygens (including phenoxy) is 5. The van der Waals surface area contributed by atoms with Gasteiger partial charge in [-0.1, -0.05) is 80.6 Å². The van der Waals surface area contributed by atoms with Crippen LogP contribution in [-0.2, 0) is 42.9 Å². The third-order valence-corrected chi connectivity index (χ3v) is 13.5. The van der Waals surface area contributed by atoms with E-state index in [1.54, 1.807) is 92.7 Å². The zero-order valence-electron chi connectivity index (χ0n) is 35.2. The molecule has 0 spiro atoms. The zero-order chi connectivity index (χ0) is 44.9. The summed E-state index contributed by atoms with van der Waals surface area (Å²) in [5, 5.41) is 40.2. The molecule has 62 heavy (non-hydrogen) atoms. The number of hydrogen-bond acceptors (Lipinski definition) is 14. The topological polar surface area (TPSA) is 221 Å². The molecule has 3 fully saturated rings. The minimum absolute atomic E-state index is 0.00289. The van der Waals surface area contributed by atoms with Gasteiger partial charge in [0.1, 0.15) is 23.9 Å². The highest BCUT2D eigenvalue weighted by Gasteiger charge is 2.78. The van der Waals surface area contributed by atoms with E-state index in [-0.39, 0.29) is 35.3 Å². The zero-order valence-corrected chi connectivity index (χ0v) is 35.2. The molecule has 15 nitrogen and oxygen atoms in total. The smallest absolute Gasteiger partial charge is 0.338 e. The number of benzene rings is 3. The van der Waals surface area contributed by atoms with E-state index in [0.29, 0.717) is 5.56 Å². The summed E-state index contributed by atoms with van der Waals surface area (Å²) in [5.74, 6) is -6.84. The first-order valence-electron chi connectivity index (χ1n) is 20.5. The average Bonchev–Trinajstić information content (AvgIpc) is 3.24. The maximum absolute atomic E-state index is 15.5. The van der Waals surface area contributed by atoms with Gasteiger partial charge in [-0.05, 0) is 54.8 Å². The van der Waals surface area contributed by atoms with Crippen LogP contribution in [0.2, 0.25) is 0 Å². The van der Waals surface area contributed by atoms with Crippen molar-refractivity contribution >= 4 is 35.6 Å². The lowest BCUT2D eigenvalue weighted by Gasteiger charge is -2.67. The molecule has 3 aliphatic carbocycles. The van der Waals surface area contributed by atoms with Gasteiger partial charge < -0.3 is 44.3 Å². The van der Waals surface area contributed by atoms with Gasteiger partial charge in [-0.2, -0.15) is 0 Å². The molecular weight excluding hydrogens is 803 g/mol. The largest absolute Gasteiger partial charge is 0.456 e. The van der Waals surface area contributed by atoms with Gasteiger partial charge in [-0.15, -0.1) is 0 Å². The number of ketones is 1. The van der Waals surface area contributed by atoms with Crippen LogP contribution in [0.5, 0.6) is 0 Å². The van der Waals surface area contributed by atoms with Gasteiger partial charge in [0.2, 0.25) is 0 Å². The highest BCUT2D eigenvalue weighted by Crippen LogP contribution is 2.64. The number of carbonyl (C=O) groups is 6. The minimum Gasteiger partial charge on any atom is -0.456 e. The van der Waals surface area contributed by atoms with Crippen molar-refractivity contribution in [3.63, 3.8) is 0 Å². The van der Waals surface area contributed by atoms with Crippen molar-refractivity contribution < 1.29 is 67.8 Å². The molecule has 4 aliphatic rings. The molecule has 4 N–H and O–H groups in total. The first-order valence-corrected chi connectivity index (χ1v) is 20.5. The van der Waals surface area contributed by atoms with Crippen molar-refractivity contribution in [3.05, 3.63) is 119 Å². The maximum Gasteiger partial charge on any atom is 0.338 e. The SMILES string of the molecule is CC(=O)OC1C(=O)[C@@]2(C)[C@H]([C@H](OC(=O)c3ccccc3)[C@]3(O)CC(OC(=O)C(O)C(NC(=O)c4ccccc4)c4ccccc4)C(C)=C1C3(C)C)[C@]1(OC(C)=O)CO[C@@H]1C[C@@H]2O. The first kappa shape index (κ1) is 44.3. The Morgan fingerprint density at radius 1 is 0.823 bits per heavy atom. The summed E-state index contributed by atoms with van der Waals surface area (Å²) < 4.78 is 30.3. The second-order valence-electron chi connectivity index (χ2n) is 17.4. The average molecular weight is 854 g/mol. The van der Waals surface area contributed by atoms with Crippen molar-refractivity contribution in [2.24, 2.45) is 16.7 Å². The molecule has 15 heteroatoms. The number of aliphatic hydroxyl groups excluding tert-OH is 2. The maximum atomic E-state index is 15.5. The van der Waals surface area contributed by atoms with Gasteiger partial charge in [0.25, 0.3) is 5.91 Å². The second-order valence-corrected chi connectivity index (χ2v) is 17.4. The second kappa shape index (κ2) is 16.5. The predicted molar refractivity (Wildman–Crippen MR) is 218 cm³/mol. The van der Waals surface area contributed by atoms with E-state index in [0.717, 1.165) is 13.8 Å². The van der Waals surface area contributed by atoms with Crippen LogP contribution >= 0.6 is 0 Å². The molecule has 7 rings (SSSR count). The Labute approximate surface area is 358 Å². The molecule has 0 aromatic heterocycles. The van der Waals surface area contributed by atoms with E-state index in [2.05, 4.69) is 5.32 Å². The Morgan fingerprint density at radius 2 is 1.40 bits per heavy atom. The fourth-order valence-electron chi connectivity index (χ4n) is 10.2. The number of amides is 1. The molecule has 1 heterocycles. The van der Waals surface area contributed by atoms with Crippen LogP contribution in [0.15, 0.2) is 102 Å². The van der Waals surface area contributed by atoms with E-state index in [9.17, 15) is 39.3 Å². The Hall–Kier alpha value is -5.74. The molecule has 0 radical (unpaired) electrons. The lowest BCUT2D eigenvalue weighted by molar-refractivity contribution is -0.346. The molecule has 1 aliphatic heterocycles. The Morgan fingerprint density at radius 3 is 1.95 bits per heavy atom. The first-order chi connectivity index (χ1) is 29.3. The number of nitrogens with one attached hydrogen (secondary N) is 1. The number of fused-ring (bicyclic) bond motifs is 5. The number of hydrogen-bond donors (Lipinski definition) is 4. The summed E-state index contributed by atoms with van der Waals surface area (Å²) in [6.07, 6.45) is -10.5. The van der Waals surface area contributed by atoms with E-state index in [1.807, 2.05) is 0 Å². The van der Waals surface area contributed by atoms with Gasteiger partial charge in [-0.3, -0.25) is 19.2 Å². The van der Waals surface area contributed by atoms with Crippen LogP contribution < -0.4 is 5.32 Å². The number of Topliss-reactive ketones (excluding diaryl/α,β-unsaturated/α-hetero) is 1. The summed E-state index contributed by atoms with van der Waals surface area (Å²) in [6, 6.07) is 22.9. The highest BCUT2D eigenvalue weighted by atomic mass is 16.6. The molecular formula is C47H51NO14. The summed E-state index contributed by atoms with van der Waals surface area (Å²) in [5.41, 5.74) is -7.02. The third-order valence-electron chi connectivity index (χ3n) is 13.5. The van der Waals surface area contributed by atoms with Crippen LogP contribution in [-0.4, -0.2) is 105 Å². The Bertz CT molecular complexity index is 2280. The fourth-order valence-corrected chi connectivity index (χ4v) is 10.2. The fraction of sp³-hybridized carbons (Fsp3) is 0.447. The minimum atomic E-state index is -2.39. The van der Waals surface area contributed by atoms with Crippen LogP contribution in [0.4, 0.5) is 0 Å². The van der Waals surface area contributed by atoms with Crippen molar-refractivity contribution in [3.8, 4) is 0 Å². The molecule has 4 unspecified atom stereocenters. The predicted octanol–water partition coefficient (Wildman–Crippen LogP) is 3.74. The molecule has 2 saturated carbocycles. The molecule has 3 aromatic carbocycles. The standard InChI is InChI=1S/C47H51NO14/c1-25-31(60-43(56)36(52)35(28-16-10-7-11-17-28)48-41(54)29-18-12-8-13-19-29)23-47(57)40(61-42(55)30-20-14-9-15-21-30)38-45(6,32(51)22-33-46(38,24-58-33)62-27(3)50)39(53)37(59-26(2)49)34(25)44(47,4)5/h7-21,31-33,35-38,40,51-52,57H,22-24H2,1-6H3,(H,48,54)/t31?,32-,33+,35?,36?,37?,38-,40-,45+,46-,47+/m0/s1. The van der Waals surface area contributed by atoms with Crippen LogP contribution in [0, 0.1) is 16.7 Å².